The van der Waals surface area contributed by atoms with Crippen molar-refractivity contribution in [3.63, 3.8) is 0 Å². The van der Waals surface area contributed by atoms with Gasteiger partial charge in [-0.2, -0.15) is 0 Å². The topological polar surface area (TPSA) is 86.7 Å². The van der Waals surface area contributed by atoms with Crippen molar-refractivity contribution in [2.24, 2.45) is 0 Å². The molecule has 0 N–H and O–H groups in total. The van der Waals surface area contributed by atoms with Gasteiger partial charge in [0.2, 0.25) is 0 Å². The second kappa shape index (κ2) is 12.8. The fourth-order valence-corrected chi connectivity index (χ4v) is 10.2. The Kier molecular flexibility index (Phi) is 9.14. The van der Waals surface area contributed by atoms with Crippen molar-refractivity contribution in [3.8, 4) is 11.5 Å². The Labute approximate surface area is 280 Å². The summed E-state index contributed by atoms with van der Waals surface area (Å²) >= 11 is 16.1. The smallest absolute Gasteiger partial charge is 0.308 e. The maximum absolute atomic E-state index is 13.7. The van der Waals surface area contributed by atoms with E-state index in [1.54, 1.807) is 22.7 Å². The SMILES string of the molecule is CC(=O)Oc1cc2c(c3sc(C)cc13)[C@H](CCl)CC2C(=O)CCCC(=O)C1C[C@@H](CCl)c2c1cc(OC(C)=O)c1cc(C)sc21. The first-order valence-electron chi connectivity index (χ1n) is 15.2. The number of hydrogen-bond acceptors (Lipinski definition) is 8. The molecule has 6 rings (SSSR count). The minimum Gasteiger partial charge on any atom is -0.426 e. The molecule has 0 aliphatic heterocycles. The maximum atomic E-state index is 13.7. The van der Waals surface area contributed by atoms with Gasteiger partial charge in [-0.3, -0.25) is 19.2 Å². The van der Waals surface area contributed by atoms with Crippen LogP contribution in [-0.2, 0) is 19.2 Å². The van der Waals surface area contributed by atoms with E-state index in [-0.39, 0.29) is 48.1 Å². The first kappa shape index (κ1) is 32.2. The van der Waals surface area contributed by atoms with Crippen LogP contribution in [0.1, 0.15) is 102 Å². The number of alkyl halides is 2. The van der Waals surface area contributed by atoms with Crippen molar-refractivity contribution in [2.75, 3.05) is 11.8 Å². The summed E-state index contributed by atoms with van der Waals surface area (Å²) in [6.07, 6.45) is 2.15. The monoisotopic (exact) mass is 684 g/mol. The van der Waals surface area contributed by atoms with E-state index in [9.17, 15) is 19.2 Å². The number of aryl methyl sites for hydroxylation is 2. The number of halogens is 2. The molecule has 2 aliphatic carbocycles. The number of ether oxygens (including phenoxy) is 2. The molecular formula is C35H34Cl2O6S2. The molecule has 45 heavy (non-hydrogen) atoms. The summed E-state index contributed by atoms with van der Waals surface area (Å²) in [5, 5.41) is 1.75. The molecule has 2 aliphatic rings. The van der Waals surface area contributed by atoms with Crippen LogP contribution in [0.4, 0.5) is 0 Å². The molecular weight excluding hydrogens is 651 g/mol. The minimum atomic E-state index is -0.409. The number of hydrogen-bond donors (Lipinski definition) is 0. The van der Waals surface area contributed by atoms with E-state index in [0.717, 1.165) is 52.2 Å². The molecule has 2 aromatic heterocycles. The fourth-order valence-electron chi connectivity index (χ4n) is 7.28. The number of carbonyl (C=O) groups is 4. The summed E-state index contributed by atoms with van der Waals surface area (Å²) in [5.41, 5.74) is 3.92. The van der Waals surface area contributed by atoms with E-state index in [1.807, 2.05) is 38.1 Å². The summed E-state index contributed by atoms with van der Waals surface area (Å²) in [7, 11) is 0. The highest BCUT2D eigenvalue weighted by molar-refractivity contribution is 7.19. The van der Waals surface area contributed by atoms with Crippen molar-refractivity contribution >= 4 is 89.6 Å². The number of thiophene rings is 2. The Morgan fingerprint density at radius 3 is 1.47 bits per heavy atom. The van der Waals surface area contributed by atoms with E-state index in [0.29, 0.717) is 42.5 Å². The van der Waals surface area contributed by atoms with Crippen molar-refractivity contribution in [2.45, 2.75) is 83.5 Å². The van der Waals surface area contributed by atoms with E-state index in [4.69, 9.17) is 32.7 Å². The van der Waals surface area contributed by atoms with Crippen LogP contribution < -0.4 is 9.47 Å². The lowest BCUT2D eigenvalue weighted by Crippen LogP contribution is -2.14. The third-order valence-electron chi connectivity index (χ3n) is 9.04. The van der Waals surface area contributed by atoms with Gasteiger partial charge in [0, 0.05) is 92.0 Å². The highest BCUT2D eigenvalue weighted by Gasteiger charge is 2.39. The van der Waals surface area contributed by atoms with Crippen LogP contribution in [-0.4, -0.2) is 35.3 Å². The molecule has 2 heterocycles. The Balaban J connectivity index is 1.22. The quantitative estimate of drug-likeness (QED) is 0.0940. The zero-order valence-corrected chi connectivity index (χ0v) is 28.7. The maximum Gasteiger partial charge on any atom is 0.308 e. The van der Waals surface area contributed by atoms with Crippen molar-refractivity contribution < 1.29 is 28.7 Å². The molecule has 0 fully saturated rings. The molecule has 2 unspecified atom stereocenters. The molecule has 4 atom stereocenters. The number of rotatable bonds is 10. The Bertz CT molecular complexity index is 1740. The van der Waals surface area contributed by atoms with E-state index in [2.05, 4.69) is 0 Å². The molecule has 4 aromatic rings. The van der Waals surface area contributed by atoms with Gasteiger partial charge in [0.1, 0.15) is 23.1 Å². The molecule has 0 spiro atoms. The summed E-state index contributed by atoms with van der Waals surface area (Å²) in [6.45, 7) is 6.77. The number of fused-ring (bicyclic) bond motifs is 6. The normalized spacial score (nSPS) is 20.4. The van der Waals surface area contributed by atoms with Gasteiger partial charge in [0.05, 0.1) is 0 Å². The van der Waals surface area contributed by atoms with Gasteiger partial charge in [-0.05, 0) is 79.6 Å². The van der Waals surface area contributed by atoms with Crippen molar-refractivity contribution in [1.82, 2.24) is 0 Å². The summed E-state index contributed by atoms with van der Waals surface area (Å²) in [5.74, 6) is 0.360. The van der Waals surface area contributed by atoms with Gasteiger partial charge in [-0.15, -0.1) is 45.9 Å². The van der Waals surface area contributed by atoms with Crippen LogP contribution in [0.3, 0.4) is 0 Å². The van der Waals surface area contributed by atoms with Gasteiger partial charge in [-0.1, -0.05) is 0 Å². The highest BCUT2D eigenvalue weighted by Crippen LogP contribution is 2.53. The number of Topliss-reactive ketones (excluding diaryl/α,β-unsaturated/α-hetero) is 2. The predicted octanol–water partition coefficient (Wildman–Crippen LogP) is 9.21. The van der Waals surface area contributed by atoms with Crippen LogP contribution in [0.2, 0.25) is 0 Å². The number of benzene rings is 2. The van der Waals surface area contributed by atoms with Gasteiger partial charge >= 0.3 is 11.9 Å². The summed E-state index contributed by atoms with van der Waals surface area (Å²) < 4.78 is 13.2. The third kappa shape index (κ3) is 5.95. The van der Waals surface area contributed by atoms with Gasteiger partial charge in [0.25, 0.3) is 0 Å². The molecule has 10 heteroatoms. The zero-order valence-electron chi connectivity index (χ0n) is 25.6. The fraction of sp³-hybridized carbons (Fsp3) is 0.429. The van der Waals surface area contributed by atoms with Crippen LogP contribution in [0, 0.1) is 13.8 Å². The molecule has 236 valence electrons. The largest absolute Gasteiger partial charge is 0.426 e. The average Bonchev–Trinajstić information content (AvgIpc) is 3.74. The standard InChI is InChI=1S/C35H34Cl2O6S2/c1-16-8-26-30(42-18(3)38)12-24-22(10-20(14-36)32(24)34(26)44-16)28(40)6-5-7-29(41)23-11-21(15-37)33-25(23)13-31(43-19(4)39)27-9-17(2)45-35(27)33/h8-9,12-13,20-23H,5-7,10-11,14-15H2,1-4H3/t20-,21-,22?,23?/m0/s1. The second-order valence-corrected chi connectivity index (χ2v) is 15.3. The van der Waals surface area contributed by atoms with Crippen LogP contribution in [0.5, 0.6) is 11.5 Å². The summed E-state index contributed by atoms with van der Waals surface area (Å²) in [6, 6.07) is 7.72. The lowest BCUT2D eigenvalue weighted by Gasteiger charge is -2.15. The molecule has 6 nitrogen and oxygen atoms in total. The molecule has 0 amide bonds. The minimum absolute atomic E-state index is 0.0239. The average molecular weight is 686 g/mol. The first-order chi connectivity index (χ1) is 21.5. The molecule has 2 aromatic carbocycles. The van der Waals surface area contributed by atoms with Gasteiger partial charge in [-0.25, -0.2) is 0 Å². The number of carbonyl (C=O) groups excluding carboxylic acids is 4. The first-order valence-corrected chi connectivity index (χ1v) is 17.9. The van der Waals surface area contributed by atoms with E-state index >= 15 is 0 Å². The van der Waals surface area contributed by atoms with E-state index < -0.39 is 11.9 Å². The van der Waals surface area contributed by atoms with Gasteiger partial charge < -0.3 is 9.47 Å². The third-order valence-corrected chi connectivity index (χ3v) is 11.9. The van der Waals surface area contributed by atoms with Crippen molar-refractivity contribution in [3.05, 3.63) is 56.3 Å². The number of esters is 2. The lowest BCUT2D eigenvalue weighted by atomic mass is 9.90. The molecule has 0 saturated carbocycles. The zero-order chi connectivity index (χ0) is 32.2. The van der Waals surface area contributed by atoms with Crippen LogP contribution in [0.25, 0.3) is 20.2 Å². The van der Waals surface area contributed by atoms with Crippen LogP contribution >= 0.6 is 45.9 Å². The predicted molar refractivity (Wildman–Crippen MR) is 181 cm³/mol. The Hall–Kier alpha value is -2.78. The summed E-state index contributed by atoms with van der Waals surface area (Å²) in [4.78, 5) is 53.4. The lowest BCUT2D eigenvalue weighted by molar-refractivity contribution is -0.132. The Morgan fingerprint density at radius 1 is 0.711 bits per heavy atom. The molecule has 0 radical (unpaired) electrons. The molecule has 0 bridgehead atoms. The second-order valence-electron chi connectivity index (χ2n) is 12.2. The Morgan fingerprint density at radius 2 is 1.11 bits per heavy atom. The molecule has 0 saturated heterocycles. The van der Waals surface area contributed by atoms with Crippen molar-refractivity contribution in [1.29, 1.82) is 0 Å². The highest BCUT2D eigenvalue weighted by atomic mass is 35.5. The number of ketones is 2. The van der Waals surface area contributed by atoms with E-state index in [1.165, 1.54) is 13.8 Å². The van der Waals surface area contributed by atoms with Crippen LogP contribution in [0.15, 0.2) is 24.3 Å². The van der Waals surface area contributed by atoms with Gasteiger partial charge in [0.15, 0.2) is 0 Å².